The summed E-state index contributed by atoms with van der Waals surface area (Å²) in [6.45, 7) is 0.567. The van der Waals surface area contributed by atoms with Gasteiger partial charge in [0.25, 0.3) is 0 Å². The third-order valence-electron chi connectivity index (χ3n) is 2.56. The van der Waals surface area contributed by atoms with Crippen LogP contribution in [0.5, 0.6) is 0 Å². The highest BCUT2D eigenvalue weighted by atomic mass is 32.1. The van der Waals surface area contributed by atoms with Gasteiger partial charge in [-0.3, -0.25) is 9.78 Å². The standard InChI is InChI=1S/C9H12N2O2S/c12-9(13)6-1-2-7(11-3-6)8-4-10-5-14-8/h4-7,11H,1-3H2,(H,12,13). The summed E-state index contributed by atoms with van der Waals surface area (Å²) in [4.78, 5) is 15.9. The van der Waals surface area contributed by atoms with Gasteiger partial charge in [-0.1, -0.05) is 0 Å². The van der Waals surface area contributed by atoms with E-state index in [0.717, 1.165) is 12.8 Å². The minimum Gasteiger partial charge on any atom is -0.481 e. The highest BCUT2D eigenvalue weighted by Gasteiger charge is 2.26. The van der Waals surface area contributed by atoms with E-state index in [0.29, 0.717) is 12.6 Å². The van der Waals surface area contributed by atoms with E-state index in [4.69, 9.17) is 5.11 Å². The number of aromatic nitrogens is 1. The zero-order chi connectivity index (χ0) is 9.97. The van der Waals surface area contributed by atoms with Crippen LogP contribution in [0, 0.1) is 5.92 Å². The molecule has 14 heavy (non-hydrogen) atoms. The molecule has 1 aromatic heterocycles. The van der Waals surface area contributed by atoms with E-state index >= 15 is 0 Å². The van der Waals surface area contributed by atoms with E-state index in [1.165, 1.54) is 4.88 Å². The number of piperidine rings is 1. The fraction of sp³-hybridized carbons (Fsp3) is 0.556. The molecule has 2 rings (SSSR count). The quantitative estimate of drug-likeness (QED) is 0.775. The molecule has 5 heteroatoms. The lowest BCUT2D eigenvalue weighted by Crippen LogP contribution is -2.36. The van der Waals surface area contributed by atoms with Crippen molar-refractivity contribution in [3.63, 3.8) is 0 Å². The van der Waals surface area contributed by atoms with Gasteiger partial charge in [0.1, 0.15) is 0 Å². The Labute approximate surface area is 86.0 Å². The number of rotatable bonds is 2. The van der Waals surface area contributed by atoms with Crippen LogP contribution < -0.4 is 5.32 Å². The maximum absolute atomic E-state index is 10.7. The summed E-state index contributed by atoms with van der Waals surface area (Å²) in [5.41, 5.74) is 1.81. The largest absolute Gasteiger partial charge is 0.481 e. The first-order valence-corrected chi connectivity index (χ1v) is 5.50. The summed E-state index contributed by atoms with van der Waals surface area (Å²) in [6.07, 6.45) is 3.49. The Morgan fingerprint density at radius 3 is 3.00 bits per heavy atom. The lowest BCUT2D eigenvalue weighted by Gasteiger charge is -2.26. The normalized spacial score (nSPS) is 27.4. The molecule has 76 valence electrons. The Morgan fingerprint density at radius 1 is 1.64 bits per heavy atom. The van der Waals surface area contributed by atoms with E-state index in [1.807, 2.05) is 6.20 Å². The van der Waals surface area contributed by atoms with Gasteiger partial charge in [0.2, 0.25) is 0 Å². The molecule has 1 fully saturated rings. The summed E-state index contributed by atoms with van der Waals surface area (Å²) >= 11 is 1.62. The van der Waals surface area contributed by atoms with Crippen molar-refractivity contribution in [3.05, 3.63) is 16.6 Å². The maximum atomic E-state index is 10.7. The lowest BCUT2D eigenvalue weighted by molar-refractivity contribution is -0.142. The molecule has 0 aromatic carbocycles. The maximum Gasteiger partial charge on any atom is 0.307 e. The lowest BCUT2D eigenvalue weighted by atomic mass is 9.94. The zero-order valence-corrected chi connectivity index (χ0v) is 8.46. The molecule has 0 radical (unpaired) electrons. The van der Waals surface area contributed by atoms with Crippen molar-refractivity contribution in [2.24, 2.45) is 5.92 Å². The van der Waals surface area contributed by atoms with Crippen molar-refractivity contribution in [3.8, 4) is 0 Å². The Kier molecular flexibility index (Phi) is 2.79. The van der Waals surface area contributed by atoms with Crippen LogP contribution in [0.15, 0.2) is 11.7 Å². The number of hydrogen-bond donors (Lipinski definition) is 2. The molecule has 0 spiro atoms. The molecule has 2 atom stereocenters. The molecule has 0 aliphatic carbocycles. The first-order chi connectivity index (χ1) is 6.77. The van der Waals surface area contributed by atoms with Crippen LogP contribution in [0.2, 0.25) is 0 Å². The second-order valence-electron chi connectivity index (χ2n) is 3.48. The SMILES string of the molecule is O=C(O)C1CCC(c2cncs2)NC1. The van der Waals surface area contributed by atoms with Gasteiger partial charge in [-0.05, 0) is 12.8 Å². The van der Waals surface area contributed by atoms with E-state index in [9.17, 15) is 4.79 Å². The highest BCUT2D eigenvalue weighted by Crippen LogP contribution is 2.27. The van der Waals surface area contributed by atoms with E-state index in [-0.39, 0.29) is 5.92 Å². The van der Waals surface area contributed by atoms with Crippen LogP contribution in [0.1, 0.15) is 23.8 Å². The van der Waals surface area contributed by atoms with Gasteiger partial charge < -0.3 is 10.4 Å². The predicted molar refractivity (Wildman–Crippen MR) is 53.2 cm³/mol. The second kappa shape index (κ2) is 4.06. The van der Waals surface area contributed by atoms with Crippen molar-refractivity contribution in [1.29, 1.82) is 0 Å². The molecular weight excluding hydrogens is 200 g/mol. The minimum absolute atomic E-state index is 0.223. The fourth-order valence-electron chi connectivity index (χ4n) is 1.71. The topological polar surface area (TPSA) is 62.2 Å². The number of carboxylic acids is 1. The molecule has 2 N–H and O–H groups in total. The summed E-state index contributed by atoms with van der Waals surface area (Å²) in [5, 5.41) is 12.0. The van der Waals surface area contributed by atoms with Gasteiger partial charge in [0.15, 0.2) is 0 Å². The molecule has 4 nitrogen and oxygen atoms in total. The number of hydrogen-bond acceptors (Lipinski definition) is 4. The van der Waals surface area contributed by atoms with Crippen LogP contribution >= 0.6 is 11.3 Å². The van der Waals surface area contributed by atoms with E-state index < -0.39 is 5.97 Å². The van der Waals surface area contributed by atoms with E-state index in [2.05, 4.69) is 10.3 Å². The van der Waals surface area contributed by atoms with Crippen molar-refractivity contribution >= 4 is 17.3 Å². The first kappa shape index (κ1) is 9.61. The molecule has 1 saturated heterocycles. The third kappa shape index (κ3) is 1.93. The summed E-state index contributed by atoms with van der Waals surface area (Å²) < 4.78 is 0. The van der Waals surface area contributed by atoms with Gasteiger partial charge >= 0.3 is 5.97 Å². The van der Waals surface area contributed by atoms with Crippen molar-refractivity contribution < 1.29 is 9.90 Å². The van der Waals surface area contributed by atoms with Crippen LogP contribution in [0.3, 0.4) is 0 Å². The van der Waals surface area contributed by atoms with Crippen LogP contribution in [0.25, 0.3) is 0 Å². The molecular formula is C9H12N2O2S. The zero-order valence-electron chi connectivity index (χ0n) is 7.64. The number of thiazole rings is 1. The number of nitrogens with one attached hydrogen (secondary N) is 1. The molecule has 0 bridgehead atoms. The Hall–Kier alpha value is -0.940. The number of carboxylic acid groups (broad SMARTS) is 1. The predicted octanol–water partition coefficient (Wildman–Crippen LogP) is 1.27. The van der Waals surface area contributed by atoms with Crippen molar-refractivity contribution in [2.45, 2.75) is 18.9 Å². The van der Waals surface area contributed by atoms with Gasteiger partial charge in [-0.15, -0.1) is 11.3 Å². The summed E-state index contributed by atoms with van der Waals surface area (Å²) in [6, 6.07) is 0.304. The Bertz CT molecular complexity index is 305. The van der Waals surface area contributed by atoms with Gasteiger partial charge in [0.05, 0.1) is 11.4 Å². The molecule has 1 aliphatic heterocycles. The van der Waals surface area contributed by atoms with Crippen LogP contribution in [0.4, 0.5) is 0 Å². The number of aliphatic carboxylic acids is 1. The molecule has 1 aromatic rings. The molecule has 2 unspecified atom stereocenters. The monoisotopic (exact) mass is 212 g/mol. The van der Waals surface area contributed by atoms with Crippen LogP contribution in [-0.4, -0.2) is 22.6 Å². The average Bonchev–Trinajstić information content (AvgIpc) is 2.71. The number of nitrogens with zero attached hydrogens (tertiary/aromatic N) is 1. The summed E-state index contributed by atoms with van der Waals surface area (Å²) in [7, 11) is 0. The fourth-order valence-corrected chi connectivity index (χ4v) is 2.44. The number of carbonyl (C=O) groups is 1. The van der Waals surface area contributed by atoms with Crippen LogP contribution in [-0.2, 0) is 4.79 Å². The minimum atomic E-state index is -0.694. The molecule has 1 aliphatic rings. The van der Waals surface area contributed by atoms with E-state index in [1.54, 1.807) is 16.8 Å². The second-order valence-corrected chi connectivity index (χ2v) is 4.40. The van der Waals surface area contributed by atoms with Gasteiger partial charge in [-0.2, -0.15) is 0 Å². The highest BCUT2D eigenvalue weighted by molar-refractivity contribution is 7.09. The van der Waals surface area contributed by atoms with Crippen molar-refractivity contribution in [1.82, 2.24) is 10.3 Å². The molecule has 2 heterocycles. The Morgan fingerprint density at radius 2 is 2.50 bits per heavy atom. The first-order valence-electron chi connectivity index (χ1n) is 4.62. The third-order valence-corrected chi connectivity index (χ3v) is 3.45. The van der Waals surface area contributed by atoms with Gasteiger partial charge in [0, 0.05) is 23.7 Å². The molecule has 0 amide bonds. The Balaban J connectivity index is 1.93. The van der Waals surface area contributed by atoms with Gasteiger partial charge in [-0.25, -0.2) is 0 Å². The van der Waals surface area contributed by atoms with Crippen molar-refractivity contribution in [2.75, 3.05) is 6.54 Å². The smallest absolute Gasteiger partial charge is 0.307 e. The summed E-state index contributed by atoms with van der Waals surface area (Å²) in [5.74, 6) is -0.917. The molecule has 0 saturated carbocycles. The average molecular weight is 212 g/mol.